The quantitative estimate of drug-likeness (QED) is 0.689. The zero-order valence-electron chi connectivity index (χ0n) is 17.7. The third-order valence-electron chi connectivity index (χ3n) is 6.18. The maximum Gasteiger partial charge on any atom is 0.243 e. The molecule has 0 radical (unpaired) electrons. The van der Waals surface area contributed by atoms with E-state index in [1.165, 1.54) is 22.0 Å². The van der Waals surface area contributed by atoms with Gasteiger partial charge in [-0.15, -0.1) is 0 Å². The number of amides is 1. The monoisotopic (exact) mass is 479 g/mol. The normalized spacial score (nSPS) is 21.0. The molecule has 9 heteroatoms. The second-order valence-corrected chi connectivity index (χ2v) is 10.7. The number of nitrogens with one attached hydrogen (secondary N) is 1. The Kier molecular flexibility index (Phi) is 7.14. The summed E-state index contributed by atoms with van der Waals surface area (Å²) in [6.07, 6.45) is 2.74. The Morgan fingerprint density at radius 2 is 1.66 bits per heavy atom. The van der Waals surface area contributed by atoms with Gasteiger partial charge < -0.3 is 5.32 Å². The molecule has 2 aliphatic rings. The van der Waals surface area contributed by atoms with E-state index in [2.05, 4.69) is 10.2 Å². The van der Waals surface area contributed by atoms with Crippen LogP contribution in [0.15, 0.2) is 53.4 Å². The van der Waals surface area contributed by atoms with Gasteiger partial charge in [-0.25, -0.2) is 12.8 Å². The number of halogens is 2. The van der Waals surface area contributed by atoms with Gasteiger partial charge in [0, 0.05) is 37.2 Å². The highest BCUT2D eigenvalue weighted by atomic mass is 35.5. The third-order valence-corrected chi connectivity index (χ3v) is 8.35. The van der Waals surface area contributed by atoms with Crippen LogP contribution in [0.4, 0.5) is 4.39 Å². The molecule has 2 aromatic rings. The first-order valence-corrected chi connectivity index (χ1v) is 12.7. The summed E-state index contributed by atoms with van der Waals surface area (Å²) in [5, 5.41) is 3.79. The van der Waals surface area contributed by atoms with Crippen molar-refractivity contribution in [1.29, 1.82) is 0 Å². The van der Waals surface area contributed by atoms with Crippen LogP contribution in [-0.4, -0.2) is 55.2 Å². The maximum atomic E-state index is 13.2. The molecule has 32 heavy (non-hydrogen) atoms. The van der Waals surface area contributed by atoms with Gasteiger partial charge >= 0.3 is 0 Å². The minimum atomic E-state index is -3.85. The first-order chi connectivity index (χ1) is 15.3. The number of hydrogen-bond acceptors (Lipinski definition) is 4. The van der Waals surface area contributed by atoms with Crippen LogP contribution < -0.4 is 5.32 Å². The smallest absolute Gasteiger partial charge is 0.243 e. The maximum absolute atomic E-state index is 13.2. The Morgan fingerprint density at radius 1 is 1.00 bits per heavy atom. The van der Waals surface area contributed by atoms with Crippen molar-refractivity contribution in [2.75, 3.05) is 19.6 Å². The van der Waals surface area contributed by atoms with E-state index in [0.29, 0.717) is 12.8 Å². The van der Waals surface area contributed by atoms with Gasteiger partial charge in [-0.1, -0.05) is 23.7 Å². The highest BCUT2D eigenvalue weighted by Crippen LogP contribution is 2.27. The van der Waals surface area contributed by atoms with Crippen LogP contribution >= 0.6 is 11.6 Å². The summed E-state index contributed by atoms with van der Waals surface area (Å²) in [5.41, 5.74) is 1.20. The van der Waals surface area contributed by atoms with Gasteiger partial charge in [0.15, 0.2) is 0 Å². The molecule has 4 rings (SSSR count). The predicted octanol–water partition coefficient (Wildman–Crippen LogP) is 3.41. The Balaban J connectivity index is 1.32. The van der Waals surface area contributed by atoms with Crippen molar-refractivity contribution in [3.8, 4) is 0 Å². The fourth-order valence-corrected chi connectivity index (χ4v) is 6.20. The van der Waals surface area contributed by atoms with Gasteiger partial charge in [0.1, 0.15) is 11.9 Å². The van der Waals surface area contributed by atoms with Crippen LogP contribution in [0.1, 0.15) is 31.2 Å². The molecule has 0 unspecified atom stereocenters. The lowest BCUT2D eigenvalue weighted by Crippen LogP contribution is -2.51. The Morgan fingerprint density at radius 3 is 2.31 bits per heavy atom. The highest BCUT2D eigenvalue weighted by Gasteiger charge is 2.40. The van der Waals surface area contributed by atoms with E-state index in [1.54, 1.807) is 0 Å². The van der Waals surface area contributed by atoms with Gasteiger partial charge in [-0.3, -0.25) is 9.69 Å². The van der Waals surface area contributed by atoms with E-state index in [-0.39, 0.29) is 23.4 Å². The number of sulfonamides is 1. The van der Waals surface area contributed by atoms with Crippen molar-refractivity contribution in [2.45, 2.75) is 49.2 Å². The Labute approximate surface area is 193 Å². The topological polar surface area (TPSA) is 69.7 Å². The molecule has 0 bridgehead atoms. The lowest BCUT2D eigenvalue weighted by atomic mass is 10.0. The molecule has 6 nitrogen and oxygen atoms in total. The number of benzene rings is 2. The summed E-state index contributed by atoms with van der Waals surface area (Å²) in [6.45, 7) is 2.84. The van der Waals surface area contributed by atoms with E-state index in [9.17, 15) is 17.6 Å². The average molecular weight is 480 g/mol. The largest absolute Gasteiger partial charge is 0.352 e. The van der Waals surface area contributed by atoms with E-state index < -0.39 is 21.9 Å². The number of carbonyl (C=O) groups is 1. The number of rotatable bonds is 6. The van der Waals surface area contributed by atoms with Gasteiger partial charge in [0.25, 0.3) is 0 Å². The van der Waals surface area contributed by atoms with Crippen molar-refractivity contribution in [1.82, 2.24) is 14.5 Å². The summed E-state index contributed by atoms with van der Waals surface area (Å²) in [7, 11) is -3.85. The number of hydrogen-bond donors (Lipinski definition) is 1. The first kappa shape index (κ1) is 23.2. The number of piperidine rings is 1. The molecule has 2 aliphatic heterocycles. The molecule has 2 aromatic carbocycles. The number of likely N-dealkylation sites (tertiary alicyclic amines) is 1. The summed E-state index contributed by atoms with van der Waals surface area (Å²) in [5.74, 6) is -0.744. The van der Waals surface area contributed by atoms with Crippen molar-refractivity contribution in [3.05, 3.63) is 64.9 Å². The molecule has 1 atom stereocenters. The van der Waals surface area contributed by atoms with Gasteiger partial charge in [-0.2, -0.15) is 4.31 Å². The fraction of sp³-hybridized carbons (Fsp3) is 0.435. The van der Waals surface area contributed by atoms with Crippen LogP contribution in [0.2, 0.25) is 5.02 Å². The third kappa shape index (κ3) is 5.31. The van der Waals surface area contributed by atoms with E-state index >= 15 is 0 Å². The van der Waals surface area contributed by atoms with E-state index in [1.807, 2.05) is 24.3 Å². The average Bonchev–Trinajstić information content (AvgIpc) is 3.28. The standard InChI is InChI=1S/C23H27ClFN3O3S/c24-18-5-3-17(4-6-18)16-27-14-11-20(12-15-27)26-23(29)22-2-1-13-28(22)32(30,31)21-9-7-19(25)8-10-21/h3-10,20,22H,1-2,11-16H2,(H,26,29)/t22-/m0/s1. The van der Waals surface area contributed by atoms with Crippen LogP contribution in [0.25, 0.3) is 0 Å². The van der Waals surface area contributed by atoms with Crippen LogP contribution in [0, 0.1) is 5.82 Å². The fourth-order valence-electron chi connectivity index (χ4n) is 4.41. The van der Waals surface area contributed by atoms with Crippen LogP contribution in [-0.2, 0) is 21.4 Å². The lowest BCUT2D eigenvalue weighted by Gasteiger charge is -2.33. The molecule has 1 amide bonds. The SMILES string of the molecule is O=C(NC1CCN(Cc2ccc(Cl)cc2)CC1)[C@@H]1CCCN1S(=O)(=O)c1ccc(F)cc1. The number of nitrogens with zero attached hydrogens (tertiary/aromatic N) is 2. The van der Waals surface area contributed by atoms with Crippen molar-refractivity contribution >= 4 is 27.5 Å². The second kappa shape index (κ2) is 9.87. The molecule has 2 heterocycles. The second-order valence-electron chi connectivity index (χ2n) is 8.41. The van der Waals surface area contributed by atoms with Gasteiger partial charge in [0.2, 0.25) is 15.9 Å². The summed E-state index contributed by atoms with van der Waals surface area (Å²) in [6, 6.07) is 11.8. The molecule has 0 spiro atoms. The van der Waals surface area contributed by atoms with Crippen LogP contribution in [0.3, 0.4) is 0 Å². The molecule has 2 saturated heterocycles. The van der Waals surface area contributed by atoms with Gasteiger partial charge in [-0.05, 0) is 67.6 Å². The van der Waals surface area contributed by atoms with Crippen LogP contribution in [0.5, 0.6) is 0 Å². The minimum absolute atomic E-state index is 0.00843. The predicted molar refractivity (Wildman–Crippen MR) is 121 cm³/mol. The molecule has 172 valence electrons. The minimum Gasteiger partial charge on any atom is -0.352 e. The molecular formula is C23H27ClFN3O3S. The molecule has 2 fully saturated rings. The molecule has 0 aromatic heterocycles. The molecule has 0 saturated carbocycles. The summed E-state index contributed by atoms with van der Waals surface area (Å²) in [4.78, 5) is 15.3. The Hall–Kier alpha value is -2.00. The van der Waals surface area contributed by atoms with Crippen molar-refractivity contribution in [2.24, 2.45) is 0 Å². The van der Waals surface area contributed by atoms with E-state index in [0.717, 1.165) is 49.6 Å². The Bertz CT molecular complexity index is 1040. The zero-order chi connectivity index (χ0) is 22.7. The van der Waals surface area contributed by atoms with Crippen molar-refractivity contribution < 1.29 is 17.6 Å². The summed E-state index contributed by atoms with van der Waals surface area (Å²) < 4.78 is 40.5. The lowest BCUT2D eigenvalue weighted by molar-refractivity contribution is -0.125. The summed E-state index contributed by atoms with van der Waals surface area (Å²) >= 11 is 5.95. The van der Waals surface area contributed by atoms with Gasteiger partial charge in [0.05, 0.1) is 4.90 Å². The first-order valence-electron chi connectivity index (χ1n) is 10.9. The molecular weight excluding hydrogens is 453 g/mol. The molecule has 0 aliphatic carbocycles. The highest BCUT2D eigenvalue weighted by molar-refractivity contribution is 7.89. The zero-order valence-corrected chi connectivity index (χ0v) is 19.3. The van der Waals surface area contributed by atoms with E-state index in [4.69, 9.17) is 11.6 Å². The van der Waals surface area contributed by atoms with Crippen molar-refractivity contribution in [3.63, 3.8) is 0 Å². The number of carbonyl (C=O) groups excluding carboxylic acids is 1. The molecule has 1 N–H and O–H groups in total.